The van der Waals surface area contributed by atoms with E-state index in [1.807, 2.05) is 45.0 Å². The van der Waals surface area contributed by atoms with Crippen molar-refractivity contribution in [1.29, 1.82) is 5.26 Å². The lowest BCUT2D eigenvalue weighted by Crippen LogP contribution is -2.10. The Morgan fingerprint density at radius 2 is 1.95 bits per heavy atom. The zero-order valence-electron chi connectivity index (χ0n) is 12.5. The number of benzene rings is 1. The van der Waals surface area contributed by atoms with Crippen LogP contribution in [0.5, 0.6) is 0 Å². The van der Waals surface area contributed by atoms with Crippen molar-refractivity contribution in [3.05, 3.63) is 40.3 Å². The first-order chi connectivity index (χ1) is 10.1. The van der Waals surface area contributed by atoms with Crippen molar-refractivity contribution in [2.24, 2.45) is 0 Å². The summed E-state index contributed by atoms with van der Waals surface area (Å²) in [7, 11) is 0. The lowest BCUT2D eigenvalue weighted by molar-refractivity contribution is -0.116. The molecule has 1 heterocycles. The molecule has 0 saturated heterocycles. The second-order valence-corrected chi connectivity index (χ2v) is 6.24. The van der Waals surface area contributed by atoms with Gasteiger partial charge in [0, 0.05) is 16.9 Å². The van der Waals surface area contributed by atoms with Crippen molar-refractivity contribution in [3.8, 4) is 17.2 Å². The molecule has 2 aromatic rings. The summed E-state index contributed by atoms with van der Waals surface area (Å²) in [6.07, 6.45) is 1.27. The largest absolute Gasteiger partial charge is 0.317 e. The second kappa shape index (κ2) is 6.55. The molecule has 0 radical (unpaired) electrons. The van der Waals surface area contributed by atoms with E-state index in [1.54, 1.807) is 0 Å². The third-order valence-corrected chi connectivity index (χ3v) is 4.29. The highest BCUT2D eigenvalue weighted by Crippen LogP contribution is 2.39. The fraction of sp³-hybridized carbons (Fsp3) is 0.294. The second-order valence-electron chi connectivity index (χ2n) is 5.01. The number of hydrogen-bond acceptors (Lipinski definition) is 3. The van der Waals surface area contributed by atoms with Crippen molar-refractivity contribution in [2.75, 3.05) is 5.32 Å². The first kappa shape index (κ1) is 15.3. The third kappa shape index (κ3) is 3.32. The van der Waals surface area contributed by atoms with Crippen LogP contribution in [0, 0.1) is 25.2 Å². The fourth-order valence-corrected chi connectivity index (χ4v) is 3.27. The predicted molar refractivity (Wildman–Crippen MR) is 87.5 cm³/mol. The van der Waals surface area contributed by atoms with E-state index in [4.69, 9.17) is 0 Å². The lowest BCUT2D eigenvalue weighted by atomic mass is 10.0. The number of nitrogens with one attached hydrogen (secondary N) is 1. The predicted octanol–water partition coefficient (Wildman–Crippen LogP) is 4.64. The first-order valence-electron chi connectivity index (χ1n) is 6.97. The highest BCUT2D eigenvalue weighted by Gasteiger charge is 2.18. The van der Waals surface area contributed by atoms with E-state index >= 15 is 0 Å². The average molecular weight is 298 g/mol. The first-order valence-corrected chi connectivity index (χ1v) is 7.78. The highest BCUT2D eigenvalue weighted by molar-refractivity contribution is 7.17. The quantitative estimate of drug-likeness (QED) is 0.893. The summed E-state index contributed by atoms with van der Waals surface area (Å²) >= 11 is 1.46. The van der Waals surface area contributed by atoms with Crippen molar-refractivity contribution in [1.82, 2.24) is 0 Å². The molecule has 0 fully saturated rings. The molecule has 1 N–H and O–H groups in total. The highest BCUT2D eigenvalue weighted by atomic mass is 32.1. The molecule has 0 aliphatic heterocycles. The van der Waals surface area contributed by atoms with Crippen LogP contribution in [-0.2, 0) is 4.79 Å². The van der Waals surface area contributed by atoms with Crippen LogP contribution in [0.15, 0.2) is 24.3 Å². The minimum atomic E-state index is -0.0364. The van der Waals surface area contributed by atoms with Gasteiger partial charge in [0.15, 0.2) is 0 Å². The van der Waals surface area contributed by atoms with Gasteiger partial charge in [-0.05, 0) is 25.8 Å². The van der Waals surface area contributed by atoms with Crippen LogP contribution in [0.4, 0.5) is 5.00 Å². The summed E-state index contributed by atoms with van der Waals surface area (Å²) in [6, 6.07) is 10.3. The molecule has 21 heavy (non-hydrogen) atoms. The Labute approximate surface area is 129 Å². The Kier molecular flexibility index (Phi) is 4.77. The Hall–Kier alpha value is -2.12. The number of amides is 1. The summed E-state index contributed by atoms with van der Waals surface area (Å²) in [4.78, 5) is 12.8. The topological polar surface area (TPSA) is 52.9 Å². The van der Waals surface area contributed by atoms with Crippen LogP contribution in [0.2, 0.25) is 0 Å². The number of aryl methyl sites for hydroxylation is 2. The Morgan fingerprint density at radius 3 is 2.52 bits per heavy atom. The smallest absolute Gasteiger partial charge is 0.224 e. The van der Waals surface area contributed by atoms with Gasteiger partial charge in [-0.15, -0.1) is 11.3 Å². The van der Waals surface area contributed by atoms with E-state index in [0.717, 1.165) is 22.4 Å². The molecule has 0 saturated carbocycles. The van der Waals surface area contributed by atoms with Gasteiger partial charge in [0.25, 0.3) is 0 Å². The number of anilines is 1. The zero-order valence-corrected chi connectivity index (χ0v) is 13.3. The van der Waals surface area contributed by atoms with E-state index in [0.29, 0.717) is 17.0 Å². The molecule has 0 unspecified atom stereocenters. The van der Waals surface area contributed by atoms with Gasteiger partial charge >= 0.3 is 0 Å². The van der Waals surface area contributed by atoms with E-state index in [9.17, 15) is 10.1 Å². The summed E-state index contributed by atoms with van der Waals surface area (Å²) in [5.74, 6) is -0.0364. The van der Waals surface area contributed by atoms with Crippen LogP contribution in [0.1, 0.15) is 35.8 Å². The molecular weight excluding hydrogens is 280 g/mol. The monoisotopic (exact) mass is 298 g/mol. The van der Waals surface area contributed by atoms with Gasteiger partial charge in [0.05, 0.1) is 5.56 Å². The van der Waals surface area contributed by atoms with E-state index in [-0.39, 0.29) is 5.91 Å². The van der Waals surface area contributed by atoms with Crippen molar-refractivity contribution < 1.29 is 4.79 Å². The number of nitriles is 1. The standard InChI is InChI=1S/C17H18N2OS/c1-4-5-15(20)19-17-14(10-18)16(12(3)21-17)13-8-6-11(2)7-9-13/h6-9H,4-5H2,1-3H3,(H,19,20). The van der Waals surface area contributed by atoms with Crippen molar-refractivity contribution >= 4 is 22.2 Å². The maximum absolute atomic E-state index is 11.8. The van der Waals surface area contributed by atoms with E-state index < -0.39 is 0 Å². The average Bonchev–Trinajstić information content (AvgIpc) is 2.75. The van der Waals surface area contributed by atoms with Gasteiger partial charge in [-0.3, -0.25) is 4.79 Å². The Bertz CT molecular complexity index is 693. The molecule has 1 amide bonds. The lowest BCUT2D eigenvalue weighted by Gasteiger charge is -2.04. The maximum atomic E-state index is 11.8. The third-order valence-electron chi connectivity index (χ3n) is 3.27. The molecule has 108 valence electrons. The molecule has 0 atom stereocenters. The number of carbonyl (C=O) groups excluding carboxylic acids is 1. The number of carbonyl (C=O) groups is 1. The maximum Gasteiger partial charge on any atom is 0.224 e. The van der Waals surface area contributed by atoms with Gasteiger partial charge in [0.1, 0.15) is 11.1 Å². The fourth-order valence-electron chi connectivity index (χ4n) is 2.22. The number of rotatable bonds is 4. The molecule has 0 spiro atoms. The van der Waals surface area contributed by atoms with Gasteiger partial charge in [-0.1, -0.05) is 36.8 Å². The van der Waals surface area contributed by atoms with E-state index in [1.165, 1.54) is 16.9 Å². The van der Waals surface area contributed by atoms with E-state index in [2.05, 4.69) is 11.4 Å². The van der Waals surface area contributed by atoms with Crippen LogP contribution >= 0.6 is 11.3 Å². The van der Waals surface area contributed by atoms with Gasteiger partial charge < -0.3 is 5.32 Å². The number of hydrogen-bond donors (Lipinski definition) is 1. The Morgan fingerprint density at radius 1 is 1.29 bits per heavy atom. The van der Waals surface area contributed by atoms with Gasteiger partial charge in [-0.25, -0.2) is 0 Å². The molecule has 4 heteroatoms. The van der Waals surface area contributed by atoms with Gasteiger partial charge in [-0.2, -0.15) is 5.26 Å². The molecule has 0 aliphatic rings. The minimum Gasteiger partial charge on any atom is -0.317 e. The summed E-state index contributed by atoms with van der Waals surface area (Å²) < 4.78 is 0. The molecule has 0 bridgehead atoms. The van der Waals surface area contributed by atoms with Gasteiger partial charge in [0.2, 0.25) is 5.91 Å². The molecule has 0 aliphatic carbocycles. The minimum absolute atomic E-state index is 0.0364. The molecule has 3 nitrogen and oxygen atoms in total. The Balaban J connectivity index is 2.43. The summed E-state index contributed by atoms with van der Waals surface area (Å²) in [5.41, 5.74) is 3.68. The summed E-state index contributed by atoms with van der Waals surface area (Å²) in [5, 5.41) is 13.0. The van der Waals surface area contributed by atoms with Crippen LogP contribution < -0.4 is 5.32 Å². The molecular formula is C17H18N2OS. The van der Waals surface area contributed by atoms with Crippen LogP contribution in [0.25, 0.3) is 11.1 Å². The van der Waals surface area contributed by atoms with Crippen molar-refractivity contribution in [3.63, 3.8) is 0 Å². The summed E-state index contributed by atoms with van der Waals surface area (Å²) in [6.45, 7) is 5.98. The molecule has 2 rings (SSSR count). The normalized spacial score (nSPS) is 10.2. The molecule has 1 aromatic heterocycles. The van der Waals surface area contributed by atoms with Crippen LogP contribution in [-0.4, -0.2) is 5.91 Å². The number of thiophene rings is 1. The number of nitrogens with zero attached hydrogens (tertiary/aromatic N) is 1. The molecule has 1 aromatic carbocycles. The SMILES string of the molecule is CCCC(=O)Nc1sc(C)c(-c2ccc(C)cc2)c1C#N. The van der Waals surface area contributed by atoms with Crippen molar-refractivity contribution in [2.45, 2.75) is 33.6 Å². The zero-order chi connectivity index (χ0) is 15.4. The van der Waals surface area contributed by atoms with Crippen LogP contribution in [0.3, 0.4) is 0 Å².